The number of benzene rings is 1. The lowest BCUT2D eigenvalue weighted by Crippen LogP contribution is -2.50. The van der Waals surface area contributed by atoms with Crippen LogP contribution in [-0.2, 0) is 11.2 Å². The highest BCUT2D eigenvalue weighted by atomic mass is 19.4. The molecule has 4 atom stereocenters. The molecular formula is C22H27F3N4O5. The zero-order valence-corrected chi connectivity index (χ0v) is 18.4. The minimum Gasteiger partial charge on any atom is -0.406 e. The number of hydrogen-bond donors (Lipinski definition) is 4. The van der Waals surface area contributed by atoms with Crippen LogP contribution in [0.2, 0.25) is 0 Å². The number of urea groups is 1. The van der Waals surface area contributed by atoms with Crippen LogP contribution in [0.25, 0.3) is 0 Å². The molecule has 0 aliphatic carbocycles. The standard InChI is InChI=1S/C22H27F3N4O5/c1-29(11-9-14-4-2-3-10-26-14)19-17(33-18(13-30)20(19)31)12-27-21(32)28-15-5-7-16(8-6-15)34-22(23,24)25/h2-8,10,17-20,30-31H,9,11-13H2,1H3,(H2,27,28,32)/t17-,18+,19-,20-/m1/s1. The van der Waals surface area contributed by atoms with Crippen molar-refractivity contribution in [3.8, 4) is 5.75 Å². The fourth-order valence-electron chi connectivity index (χ4n) is 3.78. The number of aromatic nitrogens is 1. The molecule has 1 aliphatic heterocycles. The molecule has 0 saturated carbocycles. The van der Waals surface area contributed by atoms with E-state index in [9.17, 15) is 28.2 Å². The Balaban J connectivity index is 1.54. The number of amides is 2. The second-order valence-electron chi connectivity index (χ2n) is 7.84. The quantitative estimate of drug-likeness (QED) is 0.429. The number of anilines is 1. The van der Waals surface area contributed by atoms with E-state index < -0.39 is 42.5 Å². The summed E-state index contributed by atoms with van der Waals surface area (Å²) >= 11 is 0. The molecule has 186 valence electrons. The molecule has 1 aliphatic rings. The van der Waals surface area contributed by atoms with Gasteiger partial charge in [-0.1, -0.05) is 6.07 Å². The maximum atomic E-state index is 12.3. The number of alkyl halides is 3. The monoisotopic (exact) mass is 484 g/mol. The van der Waals surface area contributed by atoms with Crippen molar-refractivity contribution in [3.05, 3.63) is 54.4 Å². The average molecular weight is 484 g/mol. The number of nitrogens with one attached hydrogen (secondary N) is 2. The van der Waals surface area contributed by atoms with E-state index in [1.54, 1.807) is 6.20 Å². The van der Waals surface area contributed by atoms with Gasteiger partial charge in [-0.3, -0.25) is 9.88 Å². The summed E-state index contributed by atoms with van der Waals surface area (Å²) in [5, 5.41) is 25.3. The Morgan fingerprint density at radius 1 is 1.21 bits per heavy atom. The van der Waals surface area contributed by atoms with Crippen molar-refractivity contribution < 1.29 is 37.7 Å². The van der Waals surface area contributed by atoms with E-state index >= 15 is 0 Å². The Morgan fingerprint density at radius 2 is 1.94 bits per heavy atom. The minimum absolute atomic E-state index is 0.0350. The Bertz CT molecular complexity index is 917. The highest BCUT2D eigenvalue weighted by Crippen LogP contribution is 2.26. The van der Waals surface area contributed by atoms with E-state index in [-0.39, 0.29) is 18.8 Å². The van der Waals surface area contributed by atoms with Gasteiger partial charge in [0, 0.05) is 37.1 Å². The smallest absolute Gasteiger partial charge is 0.406 e. The molecule has 0 radical (unpaired) electrons. The van der Waals surface area contributed by atoms with Crippen LogP contribution in [0.4, 0.5) is 23.7 Å². The number of aliphatic hydroxyl groups is 2. The summed E-state index contributed by atoms with van der Waals surface area (Å²) in [6, 6.07) is 9.22. The summed E-state index contributed by atoms with van der Waals surface area (Å²) in [5.41, 5.74) is 1.15. The first-order chi connectivity index (χ1) is 16.2. The maximum absolute atomic E-state index is 12.3. The third-order valence-corrected chi connectivity index (χ3v) is 5.41. The molecule has 3 rings (SSSR count). The van der Waals surface area contributed by atoms with Gasteiger partial charge in [0.25, 0.3) is 0 Å². The Hall–Kier alpha value is -2.93. The Morgan fingerprint density at radius 3 is 2.56 bits per heavy atom. The van der Waals surface area contributed by atoms with Crippen LogP contribution >= 0.6 is 0 Å². The normalized spacial score (nSPS) is 22.6. The van der Waals surface area contributed by atoms with Gasteiger partial charge in [-0.2, -0.15) is 0 Å². The number of carbonyl (C=O) groups is 1. The van der Waals surface area contributed by atoms with Crippen LogP contribution in [0, 0.1) is 0 Å². The van der Waals surface area contributed by atoms with Gasteiger partial charge < -0.3 is 30.3 Å². The molecule has 0 bridgehead atoms. The lowest BCUT2D eigenvalue weighted by atomic mass is 10.0. The zero-order valence-electron chi connectivity index (χ0n) is 18.4. The lowest BCUT2D eigenvalue weighted by molar-refractivity contribution is -0.274. The van der Waals surface area contributed by atoms with Crippen molar-refractivity contribution in [2.24, 2.45) is 0 Å². The molecule has 0 spiro atoms. The first kappa shape index (κ1) is 25.7. The van der Waals surface area contributed by atoms with Crippen molar-refractivity contribution in [2.75, 3.05) is 32.1 Å². The minimum atomic E-state index is -4.80. The van der Waals surface area contributed by atoms with Crippen molar-refractivity contribution in [1.29, 1.82) is 0 Å². The predicted octanol–water partition coefficient (Wildman–Crippen LogP) is 1.77. The third kappa shape index (κ3) is 7.29. The zero-order chi connectivity index (χ0) is 24.7. The largest absolute Gasteiger partial charge is 0.573 e. The number of carbonyl (C=O) groups excluding carboxylic acids is 1. The van der Waals surface area contributed by atoms with Gasteiger partial charge in [0.05, 0.1) is 18.8 Å². The van der Waals surface area contributed by atoms with Gasteiger partial charge in [-0.25, -0.2) is 4.79 Å². The van der Waals surface area contributed by atoms with E-state index in [1.807, 2.05) is 30.1 Å². The number of pyridine rings is 1. The Kier molecular flexibility index (Phi) is 8.67. The molecule has 12 heteroatoms. The second kappa shape index (κ2) is 11.5. The number of ether oxygens (including phenoxy) is 2. The maximum Gasteiger partial charge on any atom is 0.573 e. The summed E-state index contributed by atoms with van der Waals surface area (Å²) in [4.78, 5) is 18.5. The van der Waals surface area contributed by atoms with Crippen molar-refractivity contribution >= 4 is 11.7 Å². The Labute approximate surface area is 194 Å². The molecule has 1 saturated heterocycles. The van der Waals surface area contributed by atoms with Gasteiger partial charge in [0.15, 0.2) is 0 Å². The molecule has 1 aromatic carbocycles. The van der Waals surface area contributed by atoms with Gasteiger partial charge in [-0.05, 0) is 43.4 Å². The van der Waals surface area contributed by atoms with E-state index in [0.29, 0.717) is 13.0 Å². The van der Waals surface area contributed by atoms with Gasteiger partial charge in [0.2, 0.25) is 0 Å². The van der Waals surface area contributed by atoms with Gasteiger partial charge in [0.1, 0.15) is 18.0 Å². The lowest BCUT2D eigenvalue weighted by Gasteiger charge is -2.30. The van der Waals surface area contributed by atoms with Crippen LogP contribution < -0.4 is 15.4 Å². The van der Waals surface area contributed by atoms with E-state index in [1.165, 1.54) is 12.1 Å². The molecule has 4 N–H and O–H groups in total. The molecule has 1 aromatic heterocycles. The number of halogens is 3. The fraction of sp³-hybridized carbons (Fsp3) is 0.455. The number of hydrogen-bond acceptors (Lipinski definition) is 7. The van der Waals surface area contributed by atoms with Crippen LogP contribution in [0.3, 0.4) is 0 Å². The number of likely N-dealkylation sites (N-methyl/N-ethyl adjacent to an activating group) is 1. The first-order valence-electron chi connectivity index (χ1n) is 10.6. The van der Waals surface area contributed by atoms with Gasteiger partial charge >= 0.3 is 12.4 Å². The molecule has 2 heterocycles. The summed E-state index contributed by atoms with van der Waals surface area (Å²) < 4.78 is 46.3. The molecule has 34 heavy (non-hydrogen) atoms. The van der Waals surface area contributed by atoms with Crippen molar-refractivity contribution in [1.82, 2.24) is 15.2 Å². The van der Waals surface area contributed by atoms with E-state index in [0.717, 1.165) is 17.8 Å². The van der Waals surface area contributed by atoms with E-state index in [2.05, 4.69) is 20.4 Å². The van der Waals surface area contributed by atoms with Crippen LogP contribution in [0.5, 0.6) is 5.75 Å². The number of nitrogens with zero attached hydrogens (tertiary/aromatic N) is 2. The third-order valence-electron chi connectivity index (χ3n) is 5.41. The molecular weight excluding hydrogens is 457 g/mol. The number of rotatable bonds is 9. The second-order valence-corrected chi connectivity index (χ2v) is 7.84. The predicted molar refractivity (Wildman–Crippen MR) is 116 cm³/mol. The van der Waals surface area contributed by atoms with Crippen molar-refractivity contribution in [2.45, 2.75) is 37.1 Å². The van der Waals surface area contributed by atoms with Crippen LogP contribution in [-0.4, -0.2) is 83.6 Å². The SMILES string of the molecule is CN(CCc1ccccn1)[C@H]1[C@H](O)[C@H](CO)O[C@@H]1CNC(=O)Nc1ccc(OC(F)(F)F)cc1. The van der Waals surface area contributed by atoms with Crippen LogP contribution in [0.15, 0.2) is 48.7 Å². The molecule has 2 amide bonds. The topological polar surface area (TPSA) is 116 Å². The highest BCUT2D eigenvalue weighted by Gasteiger charge is 2.45. The molecule has 0 unspecified atom stereocenters. The highest BCUT2D eigenvalue weighted by molar-refractivity contribution is 5.89. The fourth-order valence-corrected chi connectivity index (χ4v) is 3.78. The van der Waals surface area contributed by atoms with Gasteiger partial charge in [-0.15, -0.1) is 13.2 Å². The van der Waals surface area contributed by atoms with Crippen molar-refractivity contribution in [3.63, 3.8) is 0 Å². The summed E-state index contributed by atoms with van der Waals surface area (Å²) in [6.45, 7) is 0.226. The molecule has 9 nitrogen and oxygen atoms in total. The first-order valence-corrected chi connectivity index (χ1v) is 10.6. The molecule has 2 aromatic rings. The average Bonchev–Trinajstić information content (AvgIpc) is 3.12. The molecule has 1 fully saturated rings. The summed E-state index contributed by atoms with van der Waals surface area (Å²) in [7, 11) is 1.82. The summed E-state index contributed by atoms with van der Waals surface area (Å²) in [6.07, 6.45) is -4.82. The number of aliphatic hydroxyl groups excluding tert-OH is 2. The summed E-state index contributed by atoms with van der Waals surface area (Å²) in [5.74, 6) is -0.404. The van der Waals surface area contributed by atoms with E-state index in [4.69, 9.17) is 4.74 Å². The van der Waals surface area contributed by atoms with Crippen LogP contribution in [0.1, 0.15) is 5.69 Å².